The van der Waals surface area contributed by atoms with E-state index in [9.17, 15) is 14.7 Å². The summed E-state index contributed by atoms with van der Waals surface area (Å²) in [6.07, 6.45) is 0.583. The van der Waals surface area contributed by atoms with Crippen molar-refractivity contribution >= 4 is 17.4 Å². The number of ketones is 1. The van der Waals surface area contributed by atoms with Gasteiger partial charge in [-0.15, -0.1) is 0 Å². The highest BCUT2D eigenvalue weighted by Gasteiger charge is 2.45. The number of hydrogen-bond acceptors (Lipinski definition) is 5. The van der Waals surface area contributed by atoms with Gasteiger partial charge in [0.15, 0.2) is 0 Å². The highest BCUT2D eigenvalue weighted by Crippen LogP contribution is 2.39. The molecule has 0 spiro atoms. The molecule has 1 heterocycles. The second-order valence-corrected chi connectivity index (χ2v) is 8.49. The number of likely N-dealkylation sites (tertiary alicyclic amines) is 1. The third kappa shape index (κ3) is 5.28. The van der Waals surface area contributed by atoms with Crippen molar-refractivity contribution in [2.45, 2.75) is 26.0 Å². The number of amides is 1. The monoisotopic (exact) mass is 471 g/mol. The molecule has 1 unspecified atom stereocenters. The minimum Gasteiger partial charge on any atom is -0.507 e. The fourth-order valence-corrected chi connectivity index (χ4v) is 4.27. The summed E-state index contributed by atoms with van der Waals surface area (Å²) in [5.74, 6) is -0.857. The average Bonchev–Trinajstić information content (AvgIpc) is 3.14. The largest absolute Gasteiger partial charge is 0.507 e. The standard InChI is InChI=1S/C29H29NO5/c1-20-9-6-7-12-23(20)19-35-24-15-13-22(14-16-24)27(31)25-26(21-10-4-3-5-11-21)30(17-8-18-34-2)29(33)28(25)32/h3-7,9-16,26,31H,8,17-19H2,1-2H3/b27-25+. The van der Waals surface area contributed by atoms with Crippen LogP contribution in [0.4, 0.5) is 0 Å². The number of aliphatic hydroxyl groups is 1. The van der Waals surface area contributed by atoms with Crippen LogP contribution in [0.15, 0.2) is 84.4 Å². The van der Waals surface area contributed by atoms with Gasteiger partial charge in [-0.25, -0.2) is 0 Å². The maximum absolute atomic E-state index is 13.0. The Balaban J connectivity index is 1.62. The smallest absolute Gasteiger partial charge is 0.295 e. The first-order chi connectivity index (χ1) is 17.0. The lowest BCUT2D eigenvalue weighted by Gasteiger charge is -2.25. The molecule has 1 amide bonds. The molecule has 35 heavy (non-hydrogen) atoms. The van der Waals surface area contributed by atoms with Crippen LogP contribution in [-0.4, -0.2) is 42.0 Å². The van der Waals surface area contributed by atoms with Gasteiger partial charge in [0.05, 0.1) is 11.6 Å². The number of aliphatic hydroxyl groups excluding tert-OH is 1. The predicted molar refractivity (Wildman–Crippen MR) is 134 cm³/mol. The van der Waals surface area contributed by atoms with Crippen molar-refractivity contribution in [3.63, 3.8) is 0 Å². The lowest BCUT2D eigenvalue weighted by Crippen LogP contribution is -2.31. The second kappa shape index (κ2) is 11.0. The van der Waals surface area contributed by atoms with Gasteiger partial charge in [0.2, 0.25) is 0 Å². The second-order valence-electron chi connectivity index (χ2n) is 8.49. The van der Waals surface area contributed by atoms with Gasteiger partial charge in [0, 0.05) is 25.8 Å². The van der Waals surface area contributed by atoms with Crippen molar-refractivity contribution in [3.8, 4) is 5.75 Å². The van der Waals surface area contributed by atoms with Crippen molar-refractivity contribution in [2.75, 3.05) is 20.3 Å². The number of aryl methyl sites for hydroxylation is 1. The first-order valence-electron chi connectivity index (χ1n) is 11.6. The van der Waals surface area contributed by atoms with E-state index in [0.29, 0.717) is 37.5 Å². The number of ether oxygens (including phenoxy) is 2. The molecular weight excluding hydrogens is 442 g/mol. The number of nitrogens with zero attached hydrogens (tertiary/aromatic N) is 1. The van der Waals surface area contributed by atoms with E-state index in [1.54, 1.807) is 31.4 Å². The quantitative estimate of drug-likeness (QED) is 0.205. The van der Waals surface area contributed by atoms with Crippen LogP contribution < -0.4 is 4.74 Å². The number of Topliss-reactive ketones (excluding diaryl/α,β-unsaturated/α-hetero) is 1. The van der Waals surface area contributed by atoms with Gasteiger partial charge in [-0.3, -0.25) is 9.59 Å². The minimum atomic E-state index is -0.686. The lowest BCUT2D eigenvalue weighted by molar-refractivity contribution is -0.140. The molecule has 0 saturated carbocycles. The Labute approximate surface area is 205 Å². The summed E-state index contributed by atoms with van der Waals surface area (Å²) >= 11 is 0. The number of carbonyl (C=O) groups excluding carboxylic acids is 2. The molecule has 0 aromatic heterocycles. The SMILES string of the molecule is COCCCN1C(=O)C(=O)/C(=C(/O)c2ccc(OCc3ccccc3C)cc2)C1c1ccccc1. The molecular formula is C29H29NO5. The predicted octanol–water partition coefficient (Wildman–Crippen LogP) is 5.03. The van der Waals surface area contributed by atoms with E-state index in [1.807, 2.05) is 61.5 Å². The van der Waals surface area contributed by atoms with E-state index < -0.39 is 17.7 Å². The fraction of sp³-hybridized carbons (Fsp3) is 0.241. The third-order valence-corrected chi connectivity index (χ3v) is 6.19. The summed E-state index contributed by atoms with van der Waals surface area (Å²) in [5.41, 5.74) is 3.55. The molecule has 1 aliphatic heterocycles. The highest BCUT2D eigenvalue weighted by atomic mass is 16.5. The molecule has 0 bridgehead atoms. The molecule has 6 heteroatoms. The van der Waals surface area contributed by atoms with Gasteiger partial charge in [-0.2, -0.15) is 0 Å². The van der Waals surface area contributed by atoms with Gasteiger partial charge in [-0.05, 0) is 54.3 Å². The van der Waals surface area contributed by atoms with Gasteiger partial charge >= 0.3 is 0 Å². The Kier molecular flexibility index (Phi) is 7.63. The zero-order chi connectivity index (χ0) is 24.8. The summed E-state index contributed by atoms with van der Waals surface area (Å²) in [6.45, 7) is 3.28. The van der Waals surface area contributed by atoms with Crippen LogP contribution in [0.25, 0.3) is 5.76 Å². The van der Waals surface area contributed by atoms with E-state index in [-0.39, 0.29) is 11.3 Å². The molecule has 1 aliphatic rings. The maximum Gasteiger partial charge on any atom is 0.295 e. The van der Waals surface area contributed by atoms with Crippen molar-refractivity contribution in [1.29, 1.82) is 0 Å². The average molecular weight is 472 g/mol. The Morgan fingerprint density at radius 2 is 1.63 bits per heavy atom. The first kappa shape index (κ1) is 24.2. The van der Waals surface area contributed by atoms with Gasteiger partial charge in [-0.1, -0.05) is 54.6 Å². The first-order valence-corrected chi connectivity index (χ1v) is 11.6. The third-order valence-electron chi connectivity index (χ3n) is 6.19. The molecule has 4 rings (SSSR count). The normalized spacial score (nSPS) is 17.1. The fourth-order valence-electron chi connectivity index (χ4n) is 4.27. The van der Waals surface area contributed by atoms with E-state index in [1.165, 1.54) is 4.90 Å². The Morgan fingerprint density at radius 3 is 2.31 bits per heavy atom. The number of rotatable bonds is 9. The van der Waals surface area contributed by atoms with Crippen LogP contribution in [0, 0.1) is 6.92 Å². The number of carbonyl (C=O) groups is 2. The molecule has 180 valence electrons. The van der Waals surface area contributed by atoms with Crippen LogP contribution in [0.2, 0.25) is 0 Å². The highest BCUT2D eigenvalue weighted by molar-refractivity contribution is 6.46. The number of hydrogen-bond donors (Lipinski definition) is 1. The summed E-state index contributed by atoms with van der Waals surface area (Å²) in [7, 11) is 1.59. The minimum absolute atomic E-state index is 0.0900. The van der Waals surface area contributed by atoms with Gasteiger partial charge in [0.25, 0.3) is 11.7 Å². The van der Waals surface area contributed by atoms with Crippen LogP contribution in [0.1, 0.15) is 34.7 Å². The van der Waals surface area contributed by atoms with Crippen molar-refractivity contribution in [2.24, 2.45) is 0 Å². The van der Waals surface area contributed by atoms with E-state index >= 15 is 0 Å². The van der Waals surface area contributed by atoms with E-state index in [2.05, 4.69) is 0 Å². The summed E-state index contributed by atoms with van der Waals surface area (Å²) < 4.78 is 11.0. The topological polar surface area (TPSA) is 76.1 Å². The van der Waals surface area contributed by atoms with Crippen molar-refractivity contribution < 1.29 is 24.2 Å². The molecule has 1 fully saturated rings. The molecule has 1 atom stereocenters. The zero-order valence-electron chi connectivity index (χ0n) is 19.9. The number of benzene rings is 3. The number of methoxy groups -OCH3 is 1. The van der Waals surface area contributed by atoms with Crippen LogP contribution in [0.5, 0.6) is 5.75 Å². The molecule has 0 aliphatic carbocycles. The van der Waals surface area contributed by atoms with Crippen molar-refractivity contribution in [1.82, 2.24) is 4.90 Å². The maximum atomic E-state index is 13.0. The lowest BCUT2D eigenvalue weighted by atomic mass is 9.95. The molecule has 3 aromatic carbocycles. The molecule has 3 aromatic rings. The molecule has 0 radical (unpaired) electrons. The Hall–Kier alpha value is -3.90. The van der Waals surface area contributed by atoms with Crippen LogP contribution in [0.3, 0.4) is 0 Å². The summed E-state index contributed by atoms with van der Waals surface area (Å²) in [5, 5.41) is 11.2. The van der Waals surface area contributed by atoms with E-state index in [0.717, 1.165) is 16.7 Å². The summed E-state index contributed by atoms with van der Waals surface area (Å²) in [4.78, 5) is 27.5. The molecule has 1 saturated heterocycles. The Bertz CT molecular complexity index is 1220. The molecule has 1 N–H and O–H groups in total. The zero-order valence-corrected chi connectivity index (χ0v) is 19.9. The summed E-state index contributed by atoms with van der Waals surface area (Å²) in [6, 6.07) is 23.5. The molecule has 6 nitrogen and oxygen atoms in total. The van der Waals surface area contributed by atoms with Crippen LogP contribution >= 0.6 is 0 Å². The van der Waals surface area contributed by atoms with Crippen molar-refractivity contribution in [3.05, 3.63) is 107 Å². The van der Waals surface area contributed by atoms with Crippen LogP contribution in [-0.2, 0) is 20.9 Å². The van der Waals surface area contributed by atoms with E-state index in [4.69, 9.17) is 9.47 Å². The Morgan fingerprint density at radius 1 is 0.943 bits per heavy atom. The van der Waals surface area contributed by atoms with Gasteiger partial charge in [0.1, 0.15) is 18.1 Å². The van der Waals surface area contributed by atoms with Gasteiger partial charge < -0.3 is 19.5 Å².